The number of carboxylic acid groups (broad SMARTS) is 1. The maximum atomic E-state index is 12.1. The highest BCUT2D eigenvalue weighted by atomic mass is 32.2. The topological polar surface area (TPSA) is 106 Å². The van der Waals surface area contributed by atoms with Gasteiger partial charge in [-0.15, -0.1) is 0 Å². The summed E-state index contributed by atoms with van der Waals surface area (Å²) in [6, 6.07) is 2.56. The summed E-state index contributed by atoms with van der Waals surface area (Å²) in [5.74, 6) is -2.28. The molecule has 0 fully saturated rings. The largest absolute Gasteiger partial charge is 0.478 e. The van der Waals surface area contributed by atoms with E-state index in [9.17, 15) is 21.6 Å². The van der Waals surface area contributed by atoms with E-state index < -0.39 is 37.1 Å². The fourth-order valence-corrected chi connectivity index (χ4v) is 4.92. The minimum absolute atomic E-state index is 0.103. The number of benzene rings is 1. The van der Waals surface area contributed by atoms with E-state index in [4.69, 9.17) is 5.11 Å². The highest BCUT2D eigenvalue weighted by molar-refractivity contribution is 7.94. The van der Waals surface area contributed by atoms with Crippen LogP contribution in [-0.2, 0) is 19.7 Å². The normalized spacial score (nSPS) is 12.3. The molecule has 0 bridgehead atoms. The average Bonchev–Trinajstić information content (AvgIpc) is 2.24. The van der Waals surface area contributed by atoms with Gasteiger partial charge in [0.05, 0.1) is 22.0 Å². The lowest BCUT2D eigenvalue weighted by Gasteiger charge is -2.10. The summed E-state index contributed by atoms with van der Waals surface area (Å²) in [6.07, 6.45) is 0.952. The Balaban J connectivity index is 3.32. The third-order valence-corrected chi connectivity index (χ3v) is 5.87. The minimum Gasteiger partial charge on any atom is -0.478 e. The van der Waals surface area contributed by atoms with Gasteiger partial charge in [0.15, 0.2) is 9.84 Å². The number of aryl methyl sites for hydroxylation is 2. The molecule has 0 saturated carbocycles. The first-order valence-corrected chi connectivity index (χ1v) is 9.40. The van der Waals surface area contributed by atoms with Crippen LogP contribution >= 0.6 is 0 Å². The third-order valence-electron chi connectivity index (χ3n) is 2.81. The molecule has 1 N–H and O–H groups in total. The smallest absolute Gasteiger partial charge is 0.335 e. The highest BCUT2D eigenvalue weighted by Crippen LogP contribution is 2.22. The molecule has 112 valence electrons. The first-order valence-electron chi connectivity index (χ1n) is 5.69. The van der Waals surface area contributed by atoms with Crippen molar-refractivity contribution in [3.8, 4) is 0 Å². The van der Waals surface area contributed by atoms with E-state index in [1.165, 1.54) is 6.07 Å². The van der Waals surface area contributed by atoms with Crippen LogP contribution in [0, 0.1) is 13.8 Å². The number of aromatic carboxylic acids is 1. The van der Waals surface area contributed by atoms with Crippen LogP contribution in [0.3, 0.4) is 0 Å². The molecule has 8 heteroatoms. The number of sulfone groups is 2. The maximum absolute atomic E-state index is 12.1. The Labute approximate surface area is 118 Å². The predicted molar refractivity (Wildman–Crippen MR) is 74.6 cm³/mol. The zero-order chi connectivity index (χ0) is 15.7. The molecule has 0 heterocycles. The van der Waals surface area contributed by atoms with Crippen LogP contribution in [0.25, 0.3) is 0 Å². The van der Waals surface area contributed by atoms with Crippen molar-refractivity contribution >= 4 is 25.6 Å². The van der Waals surface area contributed by atoms with Crippen LogP contribution in [0.5, 0.6) is 0 Å². The van der Waals surface area contributed by atoms with Gasteiger partial charge < -0.3 is 5.11 Å². The van der Waals surface area contributed by atoms with Gasteiger partial charge in [0, 0.05) is 6.26 Å². The summed E-state index contributed by atoms with van der Waals surface area (Å²) in [5, 5.41) is 9.02. The van der Waals surface area contributed by atoms with Gasteiger partial charge in [-0.3, -0.25) is 0 Å². The summed E-state index contributed by atoms with van der Waals surface area (Å²) < 4.78 is 46.4. The van der Waals surface area contributed by atoms with Gasteiger partial charge >= 0.3 is 5.97 Å². The monoisotopic (exact) mass is 320 g/mol. The summed E-state index contributed by atoms with van der Waals surface area (Å²) >= 11 is 0. The van der Waals surface area contributed by atoms with Crippen LogP contribution in [0.1, 0.15) is 21.5 Å². The fraction of sp³-hybridized carbons (Fsp3) is 0.417. The Morgan fingerprint density at radius 1 is 1.05 bits per heavy atom. The molecule has 6 nitrogen and oxygen atoms in total. The highest BCUT2D eigenvalue weighted by Gasteiger charge is 2.22. The Bertz CT molecular complexity index is 744. The van der Waals surface area contributed by atoms with Crippen LogP contribution in [0.4, 0.5) is 0 Å². The lowest BCUT2D eigenvalue weighted by Crippen LogP contribution is -2.18. The van der Waals surface area contributed by atoms with Crippen molar-refractivity contribution in [1.82, 2.24) is 0 Å². The van der Waals surface area contributed by atoms with Crippen LogP contribution in [0.15, 0.2) is 17.0 Å². The second kappa shape index (κ2) is 5.53. The van der Waals surface area contributed by atoms with Crippen molar-refractivity contribution in [2.75, 3.05) is 17.8 Å². The lowest BCUT2D eigenvalue weighted by molar-refractivity contribution is 0.0696. The number of carboxylic acids is 1. The Morgan fingerprint density at radius 2 is 1.60 bits per heavy atom. The fourth-order valence-electron chi connectivity index (χ4n) is 1.77. The molecule has 0 spiro atoms. The van der Waals surface area contributed by atoms with E-state index in [1.54, 1.807) is 13.8 Å². The summed E-state index contributed by atoms with van der Waals surface area (Å²) in [6.45, 7) is 3.12. The van der Waals surface area contributed by atoms with Gasteiger partial charge in [0.25, 0.3) is 0 Å². The standard InChI is InChI=1S/C12H16O6S2/c1-8-6-9(2)11(7-10(8)12(13)14)20(17,18)5-4-19(3,15)16/h6-7H,4-5H2,1-3H3,(H,13,14). The van der Waals surface area contributed by atoms with Gasteiger partial charge in [-0.1, -0.05) is 6.07 Å². The third kappa shape index (κ3) is 4.04. The van der Waals surface area contributed by atoms with E-state index in [1.807, 2.05) is 0 Å². The van der Waals surface area contributed by atoms with E-state index >= 15 is 0 Å². The molecule has 1 aromatic carbocycles. The number of rotatable bonds is 5. The van der Waals surface area contributed by atoms with Crippen molar-refractivity contribution in [1.29, 1.82) is 0 Å². The molecule has 20 heavy (non-hydrogen) atoms. The van der Waals surface area contributed by atoms with Crippen molar-refractivity contribution in [2.24, 2.45) is 0 Å². The van der Waals surface area contributed by atoms with Crippen LogP contribution < -0.4 is 0 Å². The second-order valence-electron chi connectivity index (χ2n) is 4.69. The van der Waals surface area contributed by atoms with Gasteiger partial charge in [-0.05, 0) is 31.0 Å². The van der Waals surface area contributed by atoms with Crippen LogP contribution in [0.2, 0.25) is 0 Å². The van der Waals surface area contributed by atoms with E-state index in [0.29, 0.717) is 11.1 Å². The molecule has 0 saturated heterocycles. The summed E-state index contributed by atoms with van der Waals surface area (Å²) in [7, 11) is -7.25. The van der Waals surface area contributed by atoms with Crippen molar-refractivity contribution in [3.63, 3.8) is 0 Å². The molecule has 0 atom stereocenters. The SMILES string of the molecule is Cc1cc(C)c(S(=O)(=O)CCS(C)(=O)=O)cc1C(=O)O. The molecule has 0 aromatic heterocycles. The summed E-state index contributed by atoms with van der Waals surface area (Å²) in [4.78, 5) is 10.9. The van der Waals surface area contributed by atoms with E-state index in [0.717, 1.165) is 12.3 Å². The first kappa shape index (κ1) is 16.6. The van der Waals surface area contributed by atoms with Gasteiger partial charge in [-0.2, -0.15) is 0 Å². The van der Waals surface area contributed by atoms with E-state index in [2.05, 4.69) is 0 Å². The number of carbonyl (C=O) groups is 1. The molecular formula is C12H16O6S2. The molecule has 1 rings (SSSR count). The quantitative estimate of drug-likeness (QED) is 0.861. The molecule has 0 unspecified atom stereocenters. The Kier molecular flexibility index (Phi) is 4.60. The Hall–Kier alpha value is -1.41. The average molecular weight is 320 g/mol. The molecule has 0 aliphatic heterocycles. The van der Waals surface area contributed by atoms with Crippen molar-refractivity contribution in [2.45, 2.75) is 18.7 Å². The van der Waals surface area contributed by atoms with Crippen molar-refractivity contribution < 1.29 is 26.7 Å². The van der Waals surface area contributed by atoms with Crippen LogP contribution in [-0.4, -0.2) is 45.7 Å². The molecular weight excluding hydrogens is 304 g/mol. The molecule has 0 amide bonds. The maximum Gasteiger partial charge on any atom is 0.335 e. The van der Waals surface area contributed by atoms with Gasteiger partial charge in [0.2, 0.25) is 0 Å². The molecule has 1 aromatic rings. The molecule has 0 aliphatic carbocycles. The zero-order valence-electron chi connectivity index (χ0n) is 11.4. The van der Waals surface area contributed by atoms with E-state index in [-0.39, 0.29) is 10.5 Å². The lowest BCUT2D eigenvalue weighted by atomic mass is 10.1. The number of hydrogen-bond acceptors (Lipinski definition) is 5. The predicted octanol–water partition coefficient (Wildman–Crippen LogP) is 0.820. The number of hydrogen-bond donors (Lipinski definition) is 1. The minimum atomic E-state index is -3.84. The Morgan fingerprint density at radius 3 is 2.05 bits per heavy atom. The second-order valence-corrected chi connectivity index (χ2v) is 9.02. The van der Waals surface area contributed by atoms with Crippen molar-refractivity contribution in [3.05, 3.63) is 28.8 Å². The molecule has 0 aliphatic rings. The van der Waals surface area contributed by atoms with Gasteiger partial charge in [0.1, 0.15) is 9.84 Å². The zero-order valence-corrected chi connectivity index (χ0v) is 13.0. The van der Waals surface area contributed by atoms with Gasteiger partial charge in [-0.25, -0.2) is 21.6 Å². The molecule has 0 radical (unpaired) electrons. The first-order chi connectivity index (χ1) is 8.94. The summed E-state index contributed by atoms with van der Waals surface area (Å²) in [5.41, 5.74) is 0.756.